The third-order valence-corrected chi connectivity index (χ3v) is 4.68. The number of anilines is 1. The number of hydrogen-bond donors (Lipinski definition) is 1. The van der Waals surface area contributed by atoms with Gasteiger partial charge in [-0.25, -0.2) is 14.6 Å². The zero-order valence-electron chi connectivity index (χ0n) is 16.7. The van der Waals surface area contributed by atoms with Crippen LogP contribution in [0.25, 0.3) is 11.1 Å². The number of esters is 1. The molecule has 1 aliphatic rings. The third-order valence-electron chi connectivity index (χ3n) is 4.68. The summed E-state index contributed by atoms with van der Waals surface area (Å²) in [7, 11) is 0. The highest BCUT2D eigenvalue weighted by Gasteiger charge is 2.28. The van der Waals surface area contributed by atoms with Gasteiger partial charge in [0.2, 0.25) is 5.71 Å². The normalized spacial score (nSPS) is 14.9. The number of hydrogen-bond acceptors (Lipinski definition) is 8. The van der Waals surface area contributed by atoms with Crippen molar-refractivity contribution < 1.29 is 23.5 Å². The molecule has 0 aliphatic carbocycles. The zero-order valence-corrected chi connectivity index (χ0v) is 16.7. The van der Waals surface area contributed by atoms with Gasteiger partial charge in [-0.05, 0) is 40.5 Å². The number of carbonyl (C=O) groups excluding carboxylic acids is 2. The minimum atomic E-state index is -0.452. The van der Waals surface area contributed by atoms with E-state index in [-0.39, 0.29) is 18.7 Å². The lowest BCUT2D eigenvalue weighted by Gasteiger charge is -2.32. The van der Waals surface area contributed by atoms with Crippen LogP contribution in [-0.2, 0) is 9.47 Å². The standard InChI is InChI=1S/C19H26N4O5/c1-5-26-18(24)14-11(3)28-17-15(14)16(20-12(4)21-17)22-13-7-9-23(10-8-13)19(25)27-6-2/h13H,5-10H2,1-4H3,(H,20,21,22). The van der Waals surface area contributed by atoms with Gasteiger partial charge in [-0.3, -0.25) is 0 Å². The van der Waals surface area contributed by atoms with E-state index in [1.54, 1.807) is 32.6 Å². The Bertz CT molecular complexity index is 871. The molecule has 28 heavy (non-hydrogen) atoms. The van der Waals surface area contributed by atoms with E-state index in [4.69, 9.17) is 13.9 Å². The van der Waals surface area contributed by atoms with E-state index < -0.39 is 5.97 Å². The summed E-state index contributed by atoms with van der Waals surface area (Å²) in [6.07, 6.45) is 1.21. The highest BCUT2D eigenvalue weighted by atomic mass is 16.6. The molecule has 0 bridgehead atoms. The van der Waals surface area contributed by atoms with Gasteiger partial charge in [-0.1, -0.05) is 0 Å². The van der Waals surface area contributed by atoms with Gasteiger partial charge in [0.05, 0.1) is 18.6 Å². The van der Waals surface area contributed by atoms with Crippen LogP contribution in [0.15, 0.2) is 4.42 Å². The Kier molecular flexibility index (Phi) is 6.01. The van der Waals surface area contributed by atoms with E-state index in [1.165, 1.54) is 0 Å². The van der Waals surface area contributed by atoms with E-state index in [1.807, 2.05) is 0 Å². The lowest BCUT2D eigenvalue weighted by molar-refractivity contribution is 0.0526. The highest BCUT2D eigenvalue weighted by molar-refractivity contribution is 6.07. The van der Waals surface area contributed by atoms with Crippen molar-refractivity contribution in [3.8, 4) is 0 Å². The zero-order chi connectivity index (χ0) is 20.3. The summed E-state index contributed by atoms with van der Waals surface area (Å²) in [5.74, 6) is 1.10. The SMILES string of the molecule is CCOC(=O)c1c(C)oc2nc(C)nc(NC3CCN(C(=O)OCC)CC3)c12. The molecule has 0 unspecified atom stereocenters. The van der Waals surface area contributed by atoms with Crippen molar-refractivity contribution in [3.63, 3.8) is 0 Å². The molecule has 1 saturated heterocycles. The van der Waals surface area contributed by atoms with Crippen molar-refractivity contribution >= 4 is 29.0 Å². The molecule has 1 amide bonds. The predicted octanol–water partition coefficient (Wildman–Crippen LogP) is 3.05. The third kappa shape index (κ3) is 4.02. The van der Waals surface area contributed by atoms with Gasteiger partial charge in [-0.2, -0.15) is 4.98 Å². The Morgan fingerprint density at radius 2 is 1.82 bits per heavy atom. The number of rotatable bonds is 5. The van der Waals surface area contributed by atoms with Crippen molar-refractivity contribution in [2.45, 2.75) is 46.6 Å². The van der Waals surface area contributed by atoms with Crippen molar-refractivity contribution in [2.24, 2.45) is 0 Å². The van der Waals surface area contributed by atoms with Crippen molar-refractivity contribution in [1.29, 1.82) is 0 Å². The summed E-state index contributed by atoms with van der Waals surface area (Å²) >= 11 is 0. The monoisotopic (exact) mass is 390 g/mol. The Hall–Kier alpha value is -2.84. The number of aryl methyl sites for hydroxylation is 2. The number of nitrogens with zero attached hydrogens (tertiary/aromatic N) is 3. The number of fused-ring (bicyclic) bond motifs is 1. The number of likely N-dealkylation sites (tertiary alicyclic amines) is 1. The van der Waals surface area contributed by atoms with Gasteiger partial charge in [-0.15, -0.1) is 0 Å². The predicted molar refractivity (Wildman–Crippen MR) is 102 cm³/mol. The second-order valence-electron chi connectivity index (χ2n) is 6.66. The van der Waals surface area contributed by atoms with E-state index in [2.05, 4.69) is 15.3 Å². The van der Waals surface area contributed by atoms with Gasteiger partial charge in [0.25, 0.3) is 0 Å². The number of nitrogens with one attached hydrogen (secondary N) is 1. The maximum Gasteiger partial charge on any atom is 0.409 e. The number of carbonyl (C=O) groups is 2. The largest absolute Gasteiger partial charge is 0.462 e. The van der Waals surface area contributed by atoms with Gasteiger partial charge in [0.15, 0.2) is 0 Å². The minimum absolute atomic E-state index is 0.105. The van der Waals surface area contributed by atoms with Crippen LogP contribution in [-0.4, -0.2) is 59.3 Å². The Labute approximate surface area is 163 Å². The smallest absolute Gasteiger partial charge is 0.409 e. The quantitative estimate of drug-likeness (QED) is 0.776. The first-order valence-electron chi connectivity index (χ1n) is 9.57. The molecule has 0 aromatic carbocycles. The van der Waals surface area contributed by atoms with Crippen LogP contribution in [0.3, 0.4) is 0 Å². The number of furan rings is 1. The molecule has 1 N–H and O–H groups in total. The molecule has 1 aliphatic heterocycles. The summed E-state index contributed by atoms with van der Waals surface area (Å²) < 4.78 is 15.9. The molecule has 9 nitrogen and oxygen atoms in total. The molecule has 9 heteroatoms. The molecule has 3 rings (SSSR count). The van der Waals surface area contributed by atoms with Crippen molar-refractivity contribution in [1.82, 2.24) is 14.9 Å². The molecular weight excluding hydrogens is 364 g/mol. The van der Waals surface area contributed by atoms with Crippen LogP contribution in [0, 0.1) is 13.8 Å². The molecule has 2 aromatic rings. The van der Waals surface area contributed by atoms with Crippen LogP contribution in [0.4, 0.5) is 10.6 Å². The molecule has 0 saturated carbocycles. The van der Waals surface area contributed by atoms with Crippen LogP contribution in [0.5, 0.6) is 0 Å². The topological polar surface area (TPSA) is 107 Å². The molecule has 0 spiro atoms. The lowest BCUT2D eigenvalue weighted by Crippen LogP contribution is -2.42. The highest BCUT2D eigenvalue weighted by Crippen LogP contribution is 2.31. The van der Waals surface area contributed by atoms with E-state index in [0.717, 1.165) is 12.8 Å². The maximum absolute atomic E-state index is 12.4. The number of piperidine rings is 1. The summed E-state index contributed by atoms with van der Waals surface area (Å²) in [5.41, 5.74) is 0.711. The molecule has 0 radical (unpaired) electrons. The first-order valence-corrected chi connectivity index (χ1v) is 9.57. The van der Waals surface area contributed by atoms with Crippen LogP contribution >= 0.6 is 0 Å². The number of aromatic nitrogens is 2. The van der Waals surface area contributed by atoms with Gasteiger partial charge in [0.1, 0.15) is 23.0 Å². The van der Waals surface area contributed by atoms with E-state index >= 15 is 0 Å². The van der Waals surface area contributed by atoms with Crippen molar-refractivity contribution in [3.05, 3.63) is 17.1 Å². The Balaban J connectivity index is 1.83. The fraction of sp³-hybridized carbons (Fsp3) is 0.579. The first-order chi connectivity index (χ1) is 13.4. The Morgan fingerprint density at radius 3 is 2.46 bits per heavy atom. The molecule has 2 aromatic heterocycles. The summed E-state index contributed by atoms with van der Waals surface area (Å²) in [5, 5.41) is 3.95. The summed E-state index contributed by atoms with van der Waals surface area (Å²) in [6, 6.07) is 0.105. The number of ether oxygens (including phenoxy) is 2. The van der Waals surface area contributed by atoms with Crippen molar-refractivity contribution in [2.75, 3.05) is 31.6 Å². The molecule has 3 heterocycles. The molecule has 1 fully saturated rings. The summed E-state index contributed by atoms with van der Waals surface area (Å²) in [4.78, 5) is 34.8. The average Bonchev–Trinajstić information content (AvgIpc) is 2.98. The first kappa shape index (κ1) is 19.9. The lowest BCUT2D eigenvalue weighted by atomic mass is 10.0. The van der Waals surface area contributed by atoms with Gasteiger partial charge >= 0.3 is 12.1 Å². The maximum atomic E-state index is 12.4. The van der Waals surface area contributed by atoms with Crippen LogP contribution in [0.1, 0.15) is 48.6 Å². The molecular formula is C19H26N4O5. The van der Waals surface area contributed by atoms with Gasteiger partial charge < -0.3 is 24.1 Å². The fourth-order valence-corrected chi connectivity index (χ4v) is 3.39. The Morgan fingerprint density at radius 1 is 1.14 bits per heavy atom. The second-order valence-corrected chi connectivity index (χ2v) is 6.66. The number of amides is 1. The van der Waals surface area contributed by atoms with Crippen LogP contribution < -0.4 is 5.32 Å². The fourth-order valence-electron chi connectivity index (χ4n) is 3.39. The molecule has 152 valence electrons. The second kappa shape index (κ2) is 8.45. The van der Waals surface area contributed by atoms with Crippen LogP contribution in [0.2, 0.25) is 0 Å². The average molecular weight is 390 g/mol. The van der Waals surface area contributed by atoms with E-state index in [9.17, 15) is 9.59 Å². The molecule has 0 atom stereocenters. The van der Waals surface area contributed by atoms with E-state index in [0.29, 0.717) is 53.8 Å². The minimum Gasteiger partial charge on any atom is -0.462 e. The summed E-state index contributed by atoms with van der Waals surface area (Å²) in [6.45, 7) is 8.87. The van der Waals surface area contributed by atoms with Gasteiger partial charge in [0, 0.05) is 19.1 Å².